The molecule has 1 saturated heterocycles. The number of methoxy groups -OCH3 is 1. The second kappa shape index (κ2) is 7.66. The van der Waals surface area contributed by atoms with Crippen LogP contribution in [0.15, 0.2) is 24.3 Å². The van der Waals surface area contributed by atoms with Crippen LogP contribution in [0, 0.1) is 5.92 Å². The minimum Gasteiger partial charge on any atom is -0.491 e. The molecule has 1 saturated carbocycles. The minimum atomic E-state index is -0.126. The van der Waals surface area contributed by atoms with E-state index < -0.39 is 0 Å². The van der Waals surface area contributed by atoms with Crippen LogP contribution < -0.4 is 15.4 Å². The zero-order valence-corrected chi connectivity index (χ0v) is 13.9. The van der Waals surface area contributed by atoms with Crippen LogP contribution in [0.2, 0.25) is 0 Å². The van der Waals surface area contributed by atoms with Crippen molar-refractivity contribution in [3.8, 4) is 5.75 Å². The normalized spacial score (nSPS) is 23.5. The van der Waals surface area contributed by atoms with Crippen molar-refractivity contribution < 1.29 is 19.1 Å². The molecule has 2 fully saturated rings. The number of amides is 2. The van der Waals surface area contributed by atoms with Crippen LogP contribution in [0.1, 0.15) is 36.0 Å². The molecule has 2 aliphatic rings. The van der Waals surface area contributed by atoms with Crippen LogP contribution in [-0.4, -0.2) is 44.2 Å². The van der Waals surface area contributed by atoms with E-state index in [0.717, 1.165) is 12.8 Å². The van der Waals surface area contributed by atoms with Gasteiger partial charge in [0.1, 0.15) is 12.4 Å². The summed E-state index contributed by atoms with van der Waals surface area (Å²) in [4.78, 5) is 24.2. The first-order valence-electron chi connectivity index (χ1n) is 8.49. The molecule has 2 amide bonds. The maximum atomic E-state index is 12.6. The van der Waals surface area contributed by atoms with E-state index >= 15 is 0 Å². The maximum Gasteiger partial charge on any atom is 0.251 e. The highest BCUT2D eigenvalue weighted by Crippen LogP contribution is 2.36. The van der Waals surface area contributed by atoms with E-state index in [1.54, 1.807) is 25.3 Å². The Morgan fingerprint density at radius 2 is 2.12 bits per heavy atom. The lowest BCUT2D eigenvalue weighted by Crippen LogP contribution is -2.56. The first-order valence-corrected chi connectivity index (χ1v) is 8.49. The largest absolute Gasteiger partial charge is 0.491 e. The molecule has 0 radical (unpaired) electrons. The molecule has 1 aromatic rings. The van der Waals surface area contributed by atoms with Gasteiger partial charge in [-0.15, -0.1) is 0 Å². The van der Waals surface area contributed by atoms with Crippen molar-refractivity contribution >= 4 is 11.8 Å². The van der Waals surface area contributed by atoms with Gasteiger partial charge in [-0.25, -0.2) is 0 Å². The lowest BCUT2D eigenvalue weighted by molar-refractivity contribution is -0.124. The molecule has 0 bridgehead atoms. The lowest BCUT2D eigenvalue weighted by atomic mass is 9.94. The minimum absolute atomic E-state index is 0.000709. The van der Waals surface area contributed by atoms with Gasteiger partial charge < -0.3 is 20.1 Å². The van der Waals surface area contributed by atoms with Gasteiger partial charge in [0.05, 0.1) is 18.7 Å². The number of rotatable bonds is 7. The van der Waals surface area contributed by atoms with Gasteiger partial charge in [0.2, 0.25) is 5.91 Å². The molecule has 2 atom stereocenters. The number of carbonyl (C=O) groups is 2. The third kappa shape index (κ3) is 4.26. The monoisotopic (exact) mass is 332 g/mol. The van der Waals surface area contributed by atoms with Gasteiger partial charge in [-0.05, 0) is 43.4 Å². The molecule has 0 spiro atoms. The number of benzene rings is 1. The third-order valence-electron chi connectivity index (χ3n) is 4.54. The zero-order valence-electron chi connectivity index (χ0n) is 13.9. The molecule has 1 aliphatic carbocycles. The Bertz CT molecular complexity index is 600. The molecule has 2 N–H and O–H groups in total. The molecule has 3 rings (SSSR count). The average Bonchev–Trinajstić information content (AvgIpc) is 3.42. The Kier molecular flexibility index (Phi) is 5.35. The van der Waals surface area contributed by atoms with Gasteiger partial charge in [0, 0.05) is 19.1 Å². The van der Waals surface area contributed by atoms with Crippen LogP contribution in [0.25, 0.3) is 0 Å². The lowest BCUT2D eigenvalue weighted by Gasteiger charge is -2.33. The average molecular weight is 332 g/mol. The Hall–Kier alpha value is -2.08. The quantitative estimate of drug-likeness (QED) is 0.742. The maximum absolute atomic E-state index is 12.6. The topological polar surface area (TPSA) is 76.7 Å². The predicted octanol–water partition coefficient (Wildman–Crippen LogP) is 1.50. The van der Waals surface area contributed by atoms with Gasteiger partial charge in [0.25, 0.3) is 5.91 Å². The van der Waals surface area contributed by atoms with Crippen molar-refractivity contribution in [3.63, 3.8) is 0 Å². The number of hydrogen-bond acceptors (Lipinski definition) is 4. The summed E-state index contributed by atoms with van der Waals surface area (Å²) >= 11 is 0. The molecular weight excluding hydrogens is 308 g/mol. The first kappa shape index (κ1) is 16.8. The zero-order chi connectivity index (χ0) is 16.9. The summed E-state index contributed by atoms with van der Waals surface area (Å²) in [5, 5.41) is 6.13. The molecule has 1 aromatic carbocycles. The summed E-state index contributed by atoms with van der Waals surface area (Å²) in [5.41, 5.74) is 0.566. The van der Waals surface area contributed by atoms with E-state index in [2.05, 4.69) is 10.6 Å². The number of carbonyl (C=O) groups excluding carboxylic acids is 2. The third-order valence-corrected chi connectivity index (χ3v) is 4.54. The Balaban J connectivity index is 1.61. The summed E-state index contributed by atoms with van der Waals surface area (Å²) < 4.78 is 10.5. The number of hydrogen-bond donors (Lipinski definition) is 2. The van der Waals surface area contributed by atoms with Crippen LogP contribution in [0.3, 0.4) is 0 Å². The van der Waals surface area contributed by atoms with Gasteiger partial charge in [-0.1, -0.05) is 6.07 Å². The smallest absolute Gasteiger partial charge is 0.251 e. The van der Waals surface area contributed by atoms with E-state index in [4.69, 9.17) is 9.47 Å². The first-order chi connectivity index (χ1) is 11.7. The molecule has 6 nitrogen and oxygen atoms in total. The molecule has 24 heavy (non-hydrogen) atoms. The van der Waals surface area contributed by atoms with E-state index in [-0.39, 0.29) is 23.9 Å². The van der Waals surface area contributed by atoms with E-state index in [1.807, 2.05) is 6.07 Å². The van der Waals surface area contributed by atoms with Crippen LogP contribution >= 0.6 is 0 Å². The summed E-state index contributed by atoms with van der Waals surface area (Å²) in [6.45, 7) is 0.946. The summed E-state index contributed by atoms with van der Waals surface area (Å²) in [6, 6.07) is 7.19. The number of ether oxygens (including phenoxy) is 2. The highest BCUT2D eigenvalue weighted by molar-refractivity contribution is 5.95. The molecule has 1 heterocycles. The second-order valence-electron chi connectivity index (χ2n) is 6.42. The number of nitrogens with one attached hydrogen (secondary N) is 2. The molecular formula is C18H24N2O4. The van der Waals surface area contributed by atoms with Crippen molar-refractivity contribution in [1.29, 1.82) is 0 Å². The van der Waals surface area contributed by atoms with E-state index in [9.17, 15) is 9.59 Å². The molecule has 130 valence electrons. The van der Waals surface area contributed by atoms with Gasteiger partial charge in [-0.2, -0.15) is 0 Å². The summed E-state index contributed by atoms with van der Waals surface area (Å²) in [5.74, 6) is 1.11. The number of piperidine rings is 1. The fourth-order valence-electron chi connectivity index (χ4n) is 3.11. The van der Waals surface area contributed by atoms with Gasteiger partial charge in [0.15, 0.2) is 0 Å². The summed E-state index contributed by atoms with van der Waals surface area (Å²) in [6.07, 6.45) is 3.41. The predicted molar refractivity (Wildman–Crippen MR) is 89.0 cm³/mol. The van der Waals surface area contributed by atoms with Crippen LogP contribution in [0.4, 0.5) is 0 Å². The van der Waals surface area contributed by atoms with Gasteiger partial charge >= 0.3 is 0 Å². The van der Waals surface area contributed by atoms with Crippen molar-refractivity contribution in [2.75, 3.05) is 20.3 Å². The summed E-state index contributed by atoms with van der Waals surface area (Å²) in [7, 11) is 1.62. The Morgan fingerprint density at radius 3 is 2.88 bits per heavy atom. The highest BCUT2D eigenvalue weighted by Gasteiger charge is 2.40. The van der Waals surface area contributed by atoms with Crippen LogP contribution in [-0.2, 0) is 9.53 Å². The molecule has 1 aliphatic heterocycles. The van der Waals surface area contributed by atoms with Crippen molar-refractivity contribution in [1.82, 2.24) is 10.6 Å². The SMILES string of the molecule is COCCOc1cccc(C(=O)N[C@H]2CCC(=O)N[C@@H]2C2CC2)c1. The van der Waals surface area contributed by atoms with Crippen LogP contribution in [0.5, 0.6) is 5.75 Å². The fourth-order valence-corrected chi connectivity index (χ4v) is 3.11. The van der Waals surface area contributed by atoms with E-state index in [0.29, 0.717) is 43.3 Å². The molecule has 0 aromatic heterocycles. The van der Waals surface area contributed by atoms with E-state index in [1.165, 1.54) is 0 Å². The molecule has 6 heteroatoms. The van der Waals surface area contributed by atoms with Crippen molar-refractivity contribution in [2.45, 2.75) is 37.8 Å². The van der Waals surface area contributed by atoms with Gasteiger partial charge in [-0.3, -0.25) is 9.59 Å². The standard InChI is InChI=1S/C18H24N2O4/c1-23-9-10-24-14-4-2-3-13(11-14)18(22)19-15-7-8-16(21)20-17(15)12-5-6-12/h2-4,11-12,15,17H,5-10H2,1H3,(H,19,22)(H,20,21)/t15-,17+/m0/s1. The molecule has 0 unspecified atom stereocenters. The second-order valence-corrected chi connectivity index (χ2v) is 6.42. The fraction of sp³-hybridized carbons (Fsp3) is 0.556. The Morgan fingerprint density at radius 1 is 1.29 bits per heavy atom. The highest BCUT2D eigenvalue weighted by atomic mass is 16.5. The van der Waals surface area contributed by atoms with Crippen molar-refractivity contribution in [2.24, 2.45) is 5.92 Å². The van der Waals surface area contributed by atoms with Crippen molar-refractivity contribution in [3.05, 3.63) is 29.8 Å². The Labute approximate surface area is 141 Å².